The van der Waals surface area contributed by atoms with Crippen molar-refractivity contribution >= 4 is 17.5 Å². The number of ether oxygens (including phenoxy) is 1. The molecule has 2 aromatic rings. The molecule has 5 nitrogen and oxygen atoms in total. The summed E-state index contributed by atoms with van der Waals surface area (Å²) in [6, 6.07) is 15.2. The Morgan fingerprint density at radius 3 is 2.17 bits per heavy atom. The van der Waals surface area contributed by atoms with Crippen molar-refractivity contribution in [1.29, 1.82) is 0 Å². The Morgan fingerprint density at radius 2 is 1.61 bits per heavy atom. The van der Waals surface area contributed by atoms with E-state index in [2.05, 4.69) is 5.16 Å². The number of hydrogen-bond acceptors (Lipinski definition) is 5. The van der Waals surface area contributed by atoms with E-state index in [1.165, 1.54) is 0 Å². The normalized spacial score (nSPS) is 11.0. The van der Waals surface area contributed by atoms with Gasteiger partial charge in [0.15, 0.2) is 0 Å². The van der Waals surface area contributed by atoms with E-state index in [0.717, 1.165) is 0 Å². The Hall–Kier alpha value is -2.95. The number of nitrogens with zero attached hydrogens (tertiary/aromatic N) is 1. The van der Waals surface area contributed by atoms with Crippen LogP contribution >= 0.6 is 0 Å². The van der Waals surface area contributed by atoms with Gasteiger partial charge in [-0.3, -0.25) is 4.79 Å². The molecule has 5 heteroatoms. The summed E-state index contributed by atoms with van der Waals surface area (Å²) in [5.74, 6) is -0.220. The van der Waals surface area contributed by atoms with E-state index in [0.29, 0.717) is 23.3 Å². The van der Waals surface area contributed by atoms with Gasteiger partial charge in [0.25, 0.3) is 0 Å². The second-order valence-electron chi connectivity index (χ2n) is 4.69. The van der Waals surface area contributed by atoms with Crippen molar-refractivity contribution in [3.63, 3.8) is 0 Å². The van der Waals surface area contributed by atoms with Crippen LogP contribution in [0, 0.1) is 0 Å². The van der Waals surface area contributed by atoms with E-state index >= 15 is 0 Å². The van der Waals surface area contributed by atoms with Gasteiger partial charge in [0.05, 0.1) is 12.7 Å². The molecular weight excluding hydrogens is 294 g/mol. The molecule has 0 aliphatic heterocycles. The maximum absolute atomic E-state index is 12.4. The van der Waals surface area contributed by atoms with E-state index in [1.807, 2.05) is 0 Å². The molecule has 0 bridgehead atoms. The fourth-order valence-corrected chi connectivity index (χ4v) is 1.90. The lowest BCUT2D eigenvalue weighted by molar-refractivity contribution is 0.0515. The lowest BCUT2D eigenvalue weighted by atomic mass is 10.1. The van der Waals surface area contributed by atoms with Gasteiger partial charge in [-0.2, -0.15) is 0 Å². The van der Waals surface area contributed by atoms with Crippen molar-refractivity contribution in [3.05, 3.63) is 65.7 Å². The van der Waals surface area contributed by atoms with E-state index in [9.17, 15) is 9.59 Å². The Kier molecular flexibility index (Phi) is 5.63. The summed E-state index contributed by atoms with van der Waals surface area (Å²) in [5.41, 5.74) is 1.02. The van der Waals surface area contributed by atoms with E-state index in [4.69, 9.17) is 9.57 Å². The van der Waals surface area contributed by atoms with E-state index in [1.54, 1.807) is 68.6 Å². The smallest absolute Gasteiger partial charge is 0.365 e. The van der Waals surface area contributed by atoms with Gasteiger partial charge in [-0.25, -0.2) is 4.79 Å². The zero-order valence-corrected chi connectivity index (χ0v) is 13.0. The summed E-state index contributed by atoms with van der Waals surface area (Å²) in [4.78, 5) is 29.1. The second-order valence-corrected chi connectivity index (χ2v) is 4.69. The summed E-state index contributed by atoms with van der Waals surface area (Å²) in [7, 11) is 1.55. The number of ketones is 1. The van der Waals surface area contributed by atoms with E-state index < -0.39 is 5.97 Å². The average molecular weight is 311 g/mol. The highest BCUT2D eigenvalue weighted by Gasteiger charge is 2.15. The summed E-state index contributed by atoms with van der Waals surface area (Å²) >= 11 is 0. The molecule has 0 radical (unpaired) electrons. The molecule has 0 fully saturated rings. The minimum Gasteiger partial charge on any atom is -0.497 e. The summed E-state index contributed by atoms with van der Waals surface area (Å²) in [6.07, 6.45) is 0.354. The van der Waals surface area contributed by atoms with Crippen LogP contribution in [-0.2, 0) is 4.84 Å². The van der Waals surface area contributed by atoms with Gasteiger partial charge in [0.2, 0.25) is 5.78 Å². The zero-order chi connectivity index (χ0) is 16.7. The van der Waals surface area contributed by atoms with Gasteiger partial charge in [-0.1, -0.05) is 30.3 Å². The van der Waals surface area contributed by atoms with Crippen LogP contribution in [-0.4, -0.2) is 24.6 Å². The van der Waals surface area contributed by atoms with Crippen LogP contribution in [0.3, 0.4) is 0 Å². The van der Waals surface area contributed by atoms with Gasteiger partial charge in [0.1, 0.15) is 11.5 Å². The van der Waals surface area contributed by atoms with Crippen LogP contribution < -0.4 is 4.74 Å². The molecule has 23 heavy (non-hydrogen) atoms. The van der Waals surface area contributed by atoms with Gasteiger partial charge in [-0.05, 0) is 42.8 Å². The Morgan fingerprint density at radius 1 is 0.957 bits per heavy atom. The first-order valence-electron chi connectivity index (χ1n) is 7.17. The number of oxime groups is 1. The first-order chi connectivity index (χ1) is 11.2. The van der Waals surface area contributed by atoms with Crippen molar-refractivity contribution < 1.29 is 19.2 Å². The highest BCUT2D eigenvalue weighted by molar-refractivity contribution is 6.45. The van der Waals surface area contributed by atoms with Crippen LogP contribution in [0.2, 0.25) is 0 Å². The van der Waals surface area contributed by atoms with Crippen LogP contribution in [0.1, 0.15) is 34.1 Å². The lowest BCUT2D eigenvalue weighted by Crippen LogP contribution is -2.15. The molecule has 118 valence electrons. The molecule has 0 unspecified atom stereocenters. The third kappa shape index (κ3) is 4.26. The SMILES string of the molecule is CC/C(=N\OC(=O)c1ccccc1)C(=O)c1ccc(OC)cc1. The summed E-state index contributed by atoms with van der Waals surface area (Å²) in [6.45, 7) is 1.77. The summed E-state index contributed by atoms with van der Waals surface area (Å²) in [5, 5.41) is 3.72. The first kappa shape index (κ1) is 16.4. The monoisotopic (exact) mass is 311 g/mol. The molecule has 0 aliphatic carbocycles. The van der Waals surface area contributed by atoms with Gasteiger partial charge in [0, 0.05) is 5.56 Å². The fourth-order valence-electron chi connectivity index (χ4n) is 1.90. The number of carbonyl (C=O) groups excluding carboxylic acids is 2. The number of carbonyl (C=O) groups is 2. The number of hydrogen-bond donors (Lipinski definition) is 0. The largest absolute Gasteiger partial charge is 0.497 e. The van der Waals surface area contributed by atoms with E-state index in [-0.39, 0.29) is 11.5 Å². The molecular formula is C18H17NO4. The fraction of sp³-hybridized carbons (Fsp3) is 0.167. The topological polar surface area (TPSA) is 65.0 Å². The second kappa shape index (κ2) is 7.89. The van der Waals surface area contributed by atoms with Gasteiger partial charge >= 0.3 is 5.97 Å². The molecule has 0 amide bonds. The highest BCUT2D eigenvalue weighted by Crippen LogP contribution is 2.13. The lowest BCUT2D eigenvalue weighted by Gasteiger charge is -2.04. The third-order valence-electron chi connectivity index (χ3n) is 3.20. The van der Waals surface area contributed by atoms with Crippen LogP contribution in [0.5, 0.6) is 5.75 Å². The van der Waals surface area contributed by atoms with Crippen LogP contribution in [0.4, 0.5) is 0 Å². The van der Waals surface area contributed by atoms with Crippen molar-refractivity contribution in [2.75, 3.05) is 7.11 Å². The van der Waals surface area contributed by atoms with Crippen LogP contribution in [0.25, 0.3) is 0 Å². The van der Waals surface area contributed by atoms with Gasteiger partial charge in [-0.15, -0.1) is 0 Å². The first-order valence-corrected chi connectivity index (χ1v) is 7.17. The molecule has 0 aromatic heterocycles. The van der Waals surface area contributed by atoms with Crippen molar-refractivity contribution in [1.82, 2.24) is 0 Å². The minimum absolute atomic E-state index is 0.180. The average Bonchev–Trinajstić information content (AvgIpc) is 2.62. The molecule has 0 N–H and O–H groups in total. The molecule has 0 heterocycles. The Labute approximate surface area is 134 Å². The quantitative estimate of drug-likeness (QED) is 0.354. The number of rotatable bonds is 6. The van der Waals surface area contributed by atoms with Crippen LogP contribution in [0.15, 0.2) is 59.8 Å². The van der Waals surface area contributed by atoms with Crippen molar-refractivity contribution in [2.45, 2.75) is 13.3 Å². The molecule has 2 rings (SSSR count). The number of benzene rings is 2. The molecule has 0 spiro atoms. The minimum atomic E-state index is -0.598. The molecule has 2 aromatic carbocycles. The predicted molar refractivity (Wildman–Crippen MR) is 86.9 cm³/mol. The number of Topliss-reactive ketones (excluding diaryl/α,β-unsaturated/α-hetero) is 1. The van der Waals surface area contributed by atoms with Gasteiger partial charge < -0.3 is 9.57 Å². The Bertz CT molecular complexity index is 706. The van der Waals surface area contributed by atoms with Crippen molar-refractivity contribution in [2.24, 2.45) is 5.16 Å². The summed E-state index contributed by atoms with van der Waals surface area (Å²) < 4.78 is 5.05. The number of methoxy groups -OCH3 is 1. The standard InChI is InChI=1S/C18H17NO4/c1-3-16(17(20)13-9-11-15(22-2)12-10-13)19-23-18(21)14-7-5-4-6-8-14/h4-12H,3H2,1-2H3/b19-16+. The highest BCUT2D eigenvalue weighted by atomic mass is 16.7. The zero-order valence-electron chi connectivity index (χ0n) is 13.0. The maximum atomic E-state index is 12.4. The molecule has 0 saturated heterocycles. The Balaban J connectivity index is 2.11. The molecule has 0 atom stereocenters. The third-order valence-corrected chi connectivity index (χ3v) is 3.20. The maximum Gasteiger partial charge on any atom is 0.365 e. The molecule has 0 aliphatic rings. The predicted octanol–water partition coefficient (Wildman–Crippen LogP) is 3.50. The molecule has 0 saturated carbocycles. The van der Waals surface area contributed by atoms with Crippen molar-refractivity contribution in [3.8, 4) is 5.75 Å².